The highest BCUT2D eigenvalue weighted by Gasteiger charge is 2.23. The van der Waals surface area contributed by atoms with Gasteiger partial charge in [0.25, 0.3) is 0 Å². The fourth-order valence-electron chi connectivity index (χ4n) is 1.54. The van der Waals surface area contributed by atoms with Crippen molar-refractivity contribution >= 4 is 15.9 Å². The number of hydrogen-bond acceptors (Lipinski definition) is 2. The smallest absolute Gasteiger partial charge is 0.130 e. The maximum Gasteiger partial charge on any atom is 0.130 e. The van der Waals surface area contributed by atoms with Crippen LogP contribution in [0.1, 0.15) is 25.8 Å². The second-order valence-corrected chi connectivity index (χ2v) is 4.85. The number of hydrogen-bond donors (Lipinski definition) is 2. The van der Waals surface area contributed by atoms with E-state index < -0.39 is 0 Å². The Balaban J connectivity index is 3.12. The molecule has 0 fully saturated rings. The number of nitrogens with two attached hydrogens (primary N) is 1. The fourth-order valence-corrected chi connectivity index (χ4v) is 2.34. The van der Waals surface area contributed by atoms with Crippen LogP contribution in [-0.2, 0) is 5.41 Å². The van der Waals surface area contributed by atoms with E-state index in [2.05, 4.69) is 29.8 Å². The second-order valence-electron chi connectivity index (χ2n) is 4.06. The van der Waals surface area contributed by atoms with Gasteiger partial charge < -0.3 is 10.8 Å². The van der Waals surface area contributed by atoms with Crippen molar-refractivity contribution in [2.75, 3.05) is 6.54 Å². The van der Waals surface area contributed by atoms with Gasteiger partial charge in [0.05, 0.1) is 4.47 Å². The molecule has 0 aliphatic heterocycles. The SMILES string of the molecule is CC(C)(CCN)c1cccc(O)c1Br. The van der Waals surface area contributed by atoms with Crippen LogP contribution in [0, 0.1) is 0 Å². The molecule has 0 amide bonds. The van der Waals surface area contributed by atoms with Gasteiger partial charge in [-0.2, -0.15) is 0 Å². The highest BCUT2D eigenvalue weighted by molar-refractivity contribution is 9.10. The number of rotatable bonds is 3. The van der Waals surface area contributed by atoms with Crippen LogP contribution in [0.4, 0.5) is 0 Å². The molecule has 0 bridgehead atoms. The normalized spacial score (nSPS) is 11.7. The quantitative estimate of drug-likeness (QED) is 0.875. The zero-order valence-electron chi connectivity index (χ0n) is 8.55. The monoisotopic (exact) mass is 257 g/mol. The molecule has 0 atom stereocenters. The summed E-state index contributed by atoms with van der Waals surface area (Å²) in [6.45, 7) is 4.90. The average molecular weight is 258 g/mol. The van der Waals surface area contributed by atoms with Crippen molar-refractivity contribution in [2.24, 2.45) is 5.73 Å². The standard InChI is InChI=1S/C11H16BrNO/c1-11(2,6-7-13)8-4-3-5-9(14)10(8)12/h3-5,14H,6-7,13H2,1-2H3. The van der Waals surface area contributed by atoms with Gasteiger partial charge in [0, 0.05) is 0 Å². The molecule has 0 saturated heterocycles. The third kappa shape index (κ3) is 2.28. The average Bonchev–Trinajstić information content (AvgIpc) is 2.09. The lowest BCUT2D eigenvalue weighted by molar-refractivity contribution is 0.455. The number of phenols is 1. The molecule has 0 radical (unpaired) electrons. The molecule has 0 aromatic heterocycles. The first kappa shape index (κ1) is 11.5. The van der Waals surface area contributed by atoms with Gasteiger partial charge in [0.15, 0.2) is 0 Å². The van der Waals surface area contributed by atoms with E-state index in [1.165, 1.54) is 0 Å². The van der Waals surface area contributed by atoms with Crippen LogP contribution in [-0.4, -0.2) is 11.7 Å². The maximum atomic E-state index is 9.55. The molecule has 0 spiro atoms. The van der Waals surface area contributed by atoms with Gasteiger partial charge in [-0.15, -0.1) is 0 Å². The third-order valence-electron chi connectivity index (χ3n) is 2.48. The number of aromatic hydroxyl groups is 1. The minimum absolute atomic E-state index is 0.00762. The Hall–Kier alpha value is -0.540. The van der Waals surface area contributed by atoms with E-state index in [4.69, 9.17) is 5.73 Å². The largest absolute Gasteiger partial charge is 0.507 e. The van der Waals surface area contributed by atoms with Gasteiger partial charge in [-0.25, -0.2) is 0 Å². The summed E-state index contributed by atoms with van der Waals surface area (Å²) in [5.74, 6) is 0.285. The summed E-state index contributed by atoms with van der Waals surface area (Å²) in [5.41, 5.74) is 6.65. The van der Waals surface area contributed by atoms with Gasteiger partial charge in [0.2, 0.25) is 0 Å². The lowest BCUT2D eigenvalue weighted by atomic mass is 9.81. The highest BCUT2D eigenvalue weighted by atomic mass is 79.9. The highest BCUT2D eigenvalue weighted by Crippen LogP contribution is 2.37. The minimum Gasteiger partial charge on any atom is -0.507 e. The van der Waals surface area contributed by atoms with E-state index in [1.54, 1.807) is 6.07 Å². The van der Waals surface area contributed by atoms with E-state index in [0.717, 1.165) is 16.5 Å². The molecule has 14 heavy (non-hydrogen) atoms. The Morgan fingerprint density at radius 1 is 1.43 bits per heavy atom. The Morgan fingerprint density at radius 3 is 2.64 bits per heavy atom. The summed E-state index contributed by atoms with van der Waals surface area (Å²) in [7, 11) is 0. The van der Waals surface area contributed by atoms with Crippen molar-refractivity contribution in [2.45, 2.75) is 25.7 Å². The molecule has 0 aliphatic carbocycles. The van der Waals surface area contributed by atoms with Crippen LogP contribution in [0.25, 0.3) is 0 Å². The first-order chi connectivity index (χ1) is 6.49. The zero-order chi connectivity index (χ0) is 10.8. The van der Waals surface area contributed by atoms with E-state index in [9.17, 15) is 5.11 Å². The molecule has 2 nitrogen and oxygen atoms in total. The minimum atomic E-state index is -0.00762. The van der Waals surface area contributed by atoms with Crippen LogP contribution in [0.15, 0.2) is 22.7 Å². The molecule has 1 rings (SSSR count). The van der Waals surface area contributed by atoms with Crippen molar-refractivity contribution in [3.8, 4) is 5.75 Å². The van der Waals surface area contributed by atoms with Gasteiger partial charge in [0.1, 0.15) is 5.75 Å². The molecule has 78 valence electrons. The number of phenolic OH excluding ortho intramolecular Hbond substituents is 1. The van der Waals surface area contributed by atoms with Crippen molar-refractivity contribution in [1.82, 2.24) is 0 Å². The topological polar surface area (TPSA) is 46.2 Å². The van der Waals surface area contributed by atoms with Crippen LogP contribution in [0.5, 0.6) is 5.75 Å². The third-order valence-corrected chi connectivity index (χ3v) is 3.31. The molecule has 0 unspecified atom stereocenters. The molecule has 1 aromatic carbocycles. The van der Waals surface area contributed by atoms with Crippen LogP contribution in [0.2, 0.25) is 0 Å². The van der Waals surface area contributed by atoms with Gasteiger partial charge in [-0.3, -0.25) is 0 Å². The Morgan fingerprint density at radius 2 is 2.07 bits per heavy atom. The summed E-state index contributed by atoms with van der Waals surface area (Å²) < 4.78 is 0.776. The van der Waals surface area contributed by atoms with Crippen molar-refractivity contribution in [3.05, 3.63) is 28.2 Å². The Labute approximate surface area is 93.3 Å². The molecule has 3 heteroatoms. The zero-order valence-corrected chi connectivity index (χ0v) is 10.1. The summed E-state index contributed by atoms with van der Waals surface area (Å²) in [4.78, 5) is 0. The van der Waals surface area contributed by atoms with Crippen LogP contribution < -0.4 is 5.73 Å². The summed E-state index contributed by atoms with van der Waals surface area (Å²) in [5, 5.41) is 9.55. The van der Waals surface area contributed by atoms with E-state index >= 15 is 0 Å². The molecule has 0 saturated carbocycles. The van der Waals surface area contributed by atoms with Crippen LogP contribution >= 0.6 is 15.9 Å². The van der Waals surface area contributed by atoms with Crippen molar-refractivity contribution in [3.63, 3.8) is 0 Å². The van der Waals surface area contributed by atoms with Gasteiger partial charge in [-0.1, -0.05) is 26.0 Å². The molecule has 0 aliphatic rings. The molecular weight excluding hydrogens is 242 g/mol. The van der Waals surface area contributed by atoms with Crippen LogP contribution in [0.3, 0.4) is 0 Å². The predicted molar refractivity (Wildman–Crippen MR) is 62.5 cm³/mol. The number of halogens is 1. The first-order valence-corrected chi connectivity index (χ1v) is 5.46. The predicted octanol–water partition coefficient (Wildman–Crippen LogP) is 2.78. The van der Waals surface area contributed by atoms with E-state index in [0.29, 0.717) is 6.54 Å². The molecule has 1 aromatic rings. The van der Waals surface area contributed by atoms with Crippen molar-refractivity contribution < 1.29 is 5.11 Å². The molecular formula is C11H16BrNO. The Bertz CT molecular complexity index is 323. The lowest BCUT2D eigenvalue weighted by Crippen LogP contribution is -2.22. The first-order valence-electron chi connectivity index (χ1n) is 4.67. The van der Waals surface area contributed by atoms with E-state index in [1.807, 2.05) is 12.1 Å². The molecule has 0 heterocycles. The van der Waals surface area contributed by atoms with Gasteiger partial charge >= 0.3 is 0 Å². The molecule has 3 N–H and O–H groups in total. The fraction of sp³-hybridized carbons (Fsp3) is 0.455. The maximum absolute atomic E-state index is 9.55. The second kappa shape index (κ2) is 4.32. The van der Waals surface area contributed by atoms with E-state index in [-0.39, 0.29) is 11.2 Å². The summed E-state index contributed by atoms with van der Waals surface area (Å²) in [6.07, 6.45) is 0.898. The Kier molecular flexibility index (Phi) is 3.56. The summed E-state index contributed by atoms with van der Waals surface area (Å²) in [6, 6.07) is 5.54. The van der Waals surface area contributed by atoms with Crippen molar-refractivity contribution in [1.29, 1.82) is 0 Å². The number of benzene rings is 1. The summed E-state index contributed by atoms with van der Waals surface area (Å²) >= 11 is 3.40. The lowest BCUT2D eigenvalue weighted by Gasteiger charge is -2.26. The van der Waals surface area contributed by atoms with Gasteiger partial charge in [-0.05, 0) is 45.9 Å².